The molecular weight excluding hydrogens is 236 g/mol. The molecule has 100 valence electrons. The molecule has 19 heavy (non-hydrogen) atoms. The quantitative estimate of drug-likeness (QED) is 0.860. The van der Waals surface area contributed by atoms with Gasteiger partial charge in [0.05, 0.1) is 5.69 Å². The molecule has 2 heterocycles. The van der Waals surface area contributed by atoms with E-state index in [4.69, 9.17) is 0 Å². The Bertz CT molecular complexity index is 499. The molecule has 0 radical (unpaired) electrons. The lowest BCUT2D eigenvalue weighted by atomic mass is 10.2. The fourth-order valence-electron chi connectivity index (χ4n) is 2.03. The molecule has 0 aliphatic carbocycles. The fourth-order valence-corrected chi connectivity index (χ4v) is 2.03. The zero-order chi connectivity index (χ0) is 13.5. The van der Waals surface area contributed by atoms with Crippen LogP contribution >= 0.6 is 0 Å². The van der Waals surface area contributed by atoms with Crippen molar-refractivity contribution in [3.05, 3.63) is 54.1 Å². The Morgan fingerprint density at radius 3 is 2.63 bits per heavy atom. The number of rotatable bonds is 6. The van der Waals surface area contributed by atoms with Crippen molar-refractivity contribution in [2.24, 2.45) is 0 Å². The van der Waals surface area contributed by atoms with E-state index in [2.05, 4.69) is 51.4 Å². The zero-order valence-electron chi connectivity index (χ0n) is 11.5. The summed E-state index contributed by atoms with van der Waals surface area (Å²) < 4.78 is 0. The number of anilines is 1. The maximum atomic E-state index is 4.35. The molecule has 2 aromatic rings. The van der Waals surface area contributed by atoms with Gasteiger partial charge in [-0.15, -0.1) is 0 Å². The normalized spacial score (nSPS) is 10.4. The molecule has 0 amide bonds. The van der Waals surface area contributed by atoms with Gasteiger partial charge in [0.2, 0.25) is 0 Å². The first-order chi connectivity index (χ1) is 9.33. The summed E-state index contributed by atoms with van der Waals surface area (Å²) in [5.74, 6) is 0. The second kappa shape index (κ2) is 6.85. The van der Waals surface area contributed by atoms with Gasteiger partial charge in [-0.25, -0.2) is 0 Å². The van der Waals surface area contributed by atoms with Gasteiger partial charge in [0, 0.05) is 43.9 Å². The van der Waals surface area contributed by atoms with Crippen LogP contribution in [0.5, 0.6) is 0 Å². The zero-order valence-corrected chi connectivity index (χ0v) is 11.5. The van der Waals surface area contributed by atoms with Gasteiger partial charge in [0.25, 0.3) is 0 Å². The van der Waals surface area contributed by atoms with Gasteiger partial charge in [-0.1, -0.05) is 0 Å². The molecule has 2 aromatic heterocycles. The number of nitrogens with zero attached hydrogens (tertiary/aromatic N) is 3. The highest BCUT2D eigenvalue weighted by Gasteiger charge is 2.06. The molecule has 0 atom stereocenters. The number of hydrogen-bond donors (Lipinski definition) is 1. The van der Waals surface area contributed by atoms with Crippen molar-refractivity contribution in [3.8, 4) is 0 Å². The minimum atomic E-state index is 0.792. The van der Waals surface area contributed by atoms with Crippen molar-refractivity contribution in [1.82, 2.24) is 15.3 Å². The number of hydrogen-bond acceptors (Lipinski definition) is 4. The maximum Gasteiger partial charge on any atom is 0.0562 e. The lowest BCUT2D eigenvalue weighted by Crippen LogP contribution is -2.22. The lowest BCUT2D eigenvalue weighted by molar-refractivity contribution is 0.783. The molecule has 0 saturated heterocycles. The standard InChI is InChI=1S/C15H20N4/c1-3-19(12-13-4-7-17-8-5-13)15-6-9-18-14(10-15)11-16-2/h4-10,16H,3,11-12H2,1-2H3. The third kappa shape index (κ3) is 3.76. The topological polar surface area (TPSA) is 41.1 Å². The Morgan fingerprint density at radius 1 is 1.16 bits per heavy atom. The number of pyridine rings is 2. The van der Waals surface area contributed by atoms with Crippen molar-refractivity contribution >= 4 is 5.69 Å². The van der Waals surface area contributed by atoms with Crippen LogP contribution in [0, 0.1) is 0 Å². The summed E-state index contributed by atoms with van der Waals surface area (Å²) in [6.45, 7) is 4.81. The largest absolute Gasteiger partial charge is 0.367 e. The first-order valence-electron chi connectivity index (χ1n) is 6.57. The first-order valence-corrected chi connectivity index (χ1v) is 6.57. The van der Waals surface area contributed by atoms with E-state index < -0.39 is 0 Å². The van der Waals surface area contributed by atoms with Gasteiger partial charge < -0.3 is 10.2 Å². The first kappa shape index (κ1) is 13.5. The van der Waals surface area contributed by atoms with Crippen LogP contribution < -0.4 is 10.2 Å². The van der Waals surface area contributed by atoms with Gasteiger partial charge in [-0.2, -0.15) is 0 Å². The summed E-state index contributed by atoms with van der Waals surface area (Å²) in [6, 6.07) is 8.31. The highest BCUT2D eigenvalue weighted by molar-refractivity contribution is 5.47. The molecule has 0 aromatic carbocycles. The van der Waals surface area contributed by atoms with Crippen LogP contribution in [0.2, 0.25) is 0 Å². The van der Waals surface area contributed by atoms with Crippen LogP contribution in [0.15, 0.2) is 42.9 Å². The fraction of sp³-hybridized carbons (Fsp3) is 0.333. The van der Waals surface area contributed by atoms with E-state index >= 15 is 0 Å². The average molecular weight is 256 g/mol. The van der Waals surface area contributed by atoms with Crippen LogP contribution in [0.4, 0.5) is 5.69 Å². The highest BCUT2D eigenvalue weighted by Crippen LogP contribution is 2.17. The van der Waals surface area contributed by atoms with Gasteiger partial charge >= 0.3 is 0 Å². The minimum absolute atomic E-state index is 0.792. The summed E-state index contributed by atoms with van der Waals surface area (Å²) >= 11 is 0. The van der Waals surface area contributed by atoms with Crippen molar-refractivity contribution < 1.29 is 0 Å². The van der Waals surface area contributed by atoms with E-state index in [0.29, 0.717) is 0 Å². The molecular formula is C15H20N4. The monoisotopic (exact) mass is 256 g/mol. The maximum absolute atomic E-state index is 4.35. The van der Waals surface area contributed by atoms with E-state index in [1.807, 2.05) is 25.6 Å². The summed E-state index contributed by atoms with van der Waals surface area (Å²) in [6.07, 6.45) is 5.54. The summed E-state index contributed by atoms with van der Waals surface area (Å²) in [4.78, 5) is 10.7. The molecule has 0 aliphatic rings. The number of aromatic nitrogens is 2. The smallest absolute Gasteiger partial charge is 0.0562 e. The summed E-state index contributed by atoms with van der Waals surface area (Å²) in [5, 5.41) is 3.13. The molecule has 4 heteroatoms. The molecule has 1 N–H and O–H groups in total. The van der Waals surface area contributed by atoms with Gasteiger partial charge in [-0.05, 0) is 43.8 Å². The van der Waals surface area contributed by atoms with Crippen molar-refractivity contribution in [2.75, 3.05) is 18.5 Å². The molecule has 0 aliphatic heterocycles. The Balaban J connectivity index is 2.15. The van der Waals surface area contributed by atoms with Crippen molar-refractivity contribution in [3.63, 3.8) is 0 Å². The second-order valence-corrected chi connectivity index (χ2v) is 4.41. The molecule has 2 rings (SSSR count). The summed E-state index contributed by atoms with van der Waals surface area (Å²) in [5.41, 5.74) is 3.54. The van der Waals surface area contributed by atoms with E-state index in [9.17, 15) is 0 Å². The predicted molar refractivity (Wildman–Crippen MR) is 78.0 cm³/mol. The van der Waals surface area contributed by atoms with E-state index in [1.54, 1.807) is 0 Å². The van der Waals surface area contributed by atoms with Crippen molar-refractivity contribution in [2.45, 2.75) is 20.0 Å². The van der Waals surface area contributed by atoms with Crippen LogP contribution in [-0.2, 0) is 13.1 Å². The Labute approximate surface area is 114 Å². The van der Waals surface area contributed by atoms with Gasteiger partial charge in [0.1, 0.15) is 0 Å². The summed E-state index contributed by atoms with van der Waals surface area (Å²) in [7, 11) is 1.93. The SMILES string of the molecule is CCN(Cc1ccncc1)c1ccnc(CNC)c1. The molecule has 0 fully saturated rings. The Hall–Kier alpha value is -1.94. The molecule has 0 unspecified atom stereocenters. The number of nitrogens with one attached hydrogen (secondary N) is 1. The molecule has 0 bridgehead atoms. The predicted octanol–water partition coefficient (Wildman–Crippen LogP) is 2.22. The van der Waals surface area contributed by atoms with Crippen LogP contribution in [0.1, 0.15) is 18.2 Å². The highest BCUT2D eigenvalue weighted by atomic mass is 15.1. The molecule has 4 nitrogen and oxygen atoms in total. The van der Waals surface area contributed by atoms with Gasteiger partial charge in [0.15, 0.2) is 0 Å². The van der Waals surface area contributed by atoms with E-state index in [-0.39, 0.29) is 0 Å². The Kier molecular flexibility index (Phi) is 4.86. The van der Waals surface area contributed by atoms with E-state index in [0.717, 1.165) is 25.3 Å². The third-order valence-electron chi connectivity index (χ3n) is 3.03. The molecule has 0 spiro atoms. The Morgan fingerprint density at radius 2 is 1.95 bits per heavy atom. The average Bonchev–Trinajstić information content (AvgIpc) is 2.46. The second-order valence-electron chi connectivity index (χ2n) is 4.41. The van der Waals surface area contributed by atoms with Crippen LogP contribution in [0.25, 0.3) is 0 Å². The molecule has 0 saturated carbocycles. The van der Waals surface area contributed by atoms with Gasteiger partial charge in [-0.3, -0.25) is 9.97 Å². The lowest BCUT2D eigenvalue weighted by Gasteiger charge is -2.23. The third-order valence-corrected chi connectivity index (χ3v) is 3.03. The van der Waals surface area contributed by atoms with Crippen molar-refractivity contribution in [1.29, 1.82) is 0 Å². The van der Waals surface area contributed by atoms with Crippen LogP contribution in [0.3, 0.4) is 0 Å². The van der Waals surface area contributed by atoms with E-state index in [1.165, 1.54) is 11.3 Å². The minimum Gasteiger partial charge on any atom is -0.367 e. The van der Waals surface area contributed by atoms with Crippen LogP contribution in [-0.4, -0.2) is 23.6 Å².